The van der Waals surface area contributed by atoms with Crippen LogP contribution in [0.25, 0.3) is 11.0 Å². The van der Waals surface area contributed by atoms with Gasteiger partial charge in [-0.15, -0.1) is 0 Å². The maximum atomic E-state index is 13.4. The van der Waals surface area contributed by atoms with Crippen LogP contribution in [0.3, 0.4) is 0 Å². The molecule has 28 heavy (non-hydrogen) atoms. The smallest absolute Gasteiger partial charge is 0.311 e. The third-order valence-electron chi connectivity index (χ3n) is 4.09. The van der Waals surface area contributed by atoms with Gasteiger partial charge in [-0.3, -0.25) is 4.79 Å². The predicted octanol–water partition coefficient (Wildman–Crippen LogP) is 4.14. The van der Waals surface area contributed by atoms with E-state index < -0.39 is 30.3 Å². The standard InChI is InChI=1S/C19H14F4N4O/c20-13-6-8-14(9-7-13)26(11-3-10-24)17(28)12-27-16-5-2-1-4-15(16)25-18(27)19(21,22)23/h1-2,4-9H,3,11-12H2. The molecule has 0 fully saturated rings. The van der Waals surface area contributed by atoms with E-state index in [9.17, 15) is 22.4 Å². The van der Waals surface area contributed by atoms with Gasteiger partial charge >= 0.3 is 6.18 Å². The Morgan fingerprint density at radius 1 is 1.14 bits per heavy atom. The molecular formula is C19H14F4N4O. The lowest BCUT2D eigenvalue weighted by atomic mass is 10.2. The number of anilines is 1. The number of imidazole rings is 1. The summed E-state index contributed by atoms with van der Waals surface area (Å²) in [4.78, 5) is 17.6. The Morgan fingerprint density at radius 3 is 2.46 bits per heavy atom. The van der Waals surface area contributed by atoms with Gasteiger partial charge in [0.1, 0.15) is 12.4 Å². The number of nitriles is 1. The number of carbonyl (C=O) groups excluding carboxylic acids is 1. The molecule has 1 heterocycles. The highest BCUT2D eigenvalue weighted by Gasteiger charge is 2.38. The van der Waals surface area contributed by atoms with Gasteiger partial charge in [0.25, 0.3) is 0 Å². The largest absolute Gasteiger partial charge is 0.449 e. The zero-order chi connectivity index (χ0) is 20.3. The van der Waals surface area contributed by atoms with E-state index in [0.29, 0.717) is 5.69 Å². The number of carbonyl (C=O) groups is 1. The van der Waals surface area contributed by atoms with Crippen LogP contribution in [0, 0.1) is 17.1 Å². The zero-order valence-electron chi connectivity index (χ0n) is 14.4. The van der Waals surface area contributed by atoms with Crippen molar-refractivity contribution in [1.82, 2.24) is 9.55 Å². The molecule has 0 aliphatic heterocycles. The summed E-state index contributed by atoms with van der Waals surface area (Å²) in [5.41, 5.74) is 0.579. The lowest BCUT2D eigenvalue weighted by molar-refractivity contribution is -0.147. The van der Waals surface area contributed by atoms with Crippen molar-refractivity contribution in [3.05, 3.63) is 60.2 Å². The van der Waals surface area contributed by atoms with Crippen LogP contribution in [0.2, 0.25) is 0 Å². The van der Waals surface area contributed by atoms with E-state index in [1.165, 1.54) is 24.3 Å². The van der Waals surface area contributed by atoms with Gasteiger partial charge in [0, 0.05) is 12.2 Å². The molecule has 5 nitrogen and oxygen atoms in total. The lowest BCUT2D eigenvalue weighted by Gasteiger charge is -2.23. The molecule has 0 bridgehead atoms. The van der Waals surface area contributed by atoms with Crippen LogP contribution in [0.15, 0.2) is 48.5 Å². The summed E-state index contributed by atoms with van der Waals surface area (Å²) in [6.45, 7) is -0.660. The molecule has 0 saturated heterocycles. The molecule has 2 aromatic carbocycles. The van der Waals surface area contributed by atoms with E-state index in [0.717, 1.165) is 21.6 Å². The fraction of sp³-hybridized carbons (Fsp3) is 0.211. The van der Waals surface area contributed by atoms with E-state index in [2.05, 4.69) is 4.98 Å². The van der Waals surface area contributed by atoms with Gasteiger partial charge in [-0.25, -0.2) is 9.37 Å². The number of hydrogen-bond donors (Lipinski definition) is 0. The lowest BCUT2D eigenvalue weighted by Crippen LogP contribution is -2.35. The summed E-state index contributed by atoms with van der Waals surface area (Å²) in [6, 6.07) is 12.8. The fourth-order valence-electron chi connectivity index (χ4n) is 2.85. The molecule has 0 aliphatic carbocycles. The molecule has 0 saturated carbocycles. The minimum atomic E-state index is -4.74. The Morgan fingerprint density at radius 2 is 1.82 bits per heavy atom. The van der Waals surface area contributed by atoms with E-state index in [1.807, 2.05) is 6.07 Å². The van der Waals surface area contributed by atoms with Gasteiger partial charge in [0.15, 0.2) is 0 Å². The number of halogens is 4. The van der Waals surface area contributed by atoms with Crippen molar-refractivity contribution < 1.29 is 22.4 Å². The van der Waals surface area contributed by atoms with Gasteiger partial charge in [0.2, 0.25) is 11.7 Å². The molecule has 144 valence electrons. The highest BCUT2D eigenvalue weighted by Crippen LogP contribution is 2.31. The van der Waals surface area contributed by atoms with Crippen LogP contribution in [0.1, 0.15) is 12.2 Å². The van der Waals surface area contributed by atoms with Crippen LogP contribution in [0.4, 0.5) is 23.2 Å². The van der Waals surface area contributed by atoms with E-state index >= 15 is 0 Å². The normalized spacial score (nSPS) is 11.4. The highest BCUT2D eigenvalue weighted by atomic mass is 19.4. The Hall–Kier alpha value is -3.41. The number of alkyl halides is 3. The van der Waals surface area contributed by atoms with Gasteiger partial charge < -0.3 is 9.47 Å². The number of aromatic nitrogens is 2. The Kier molecular flexibility index (Phi) is 5.31. The predicted molar refractivity (Wildman–Crippen MR) is 93.7 cm³/mol. The van der Waals surface area contributed by atoms with Gasteiger partial charge in [0.05, 0.1) is 23.5 Å². The van der Waals surface area contributed by atoms with Crippen LogP contribution in [-0.4, -0.2) is 22.0 Å². The summed E-state index contributed by atoms with van der Waals surface area (Å²) in [7, 11) is 0. The molecule has 0 unspecified atom stereocenters. The molecular weight excluding hydrogens is 376 g/mol. The first kappa shape index (κ1) is 19.4. The van der Waals surface area contributed by atoms with Crippen molar-refractivity contribution in [3.63, 3.8) is 0 Å². The topological polar surface area (TPSA) is 61.9 Å². The fourth-order valence-corrected chi connectivity index (χ4v) is 2.85. The quantitative estimate of drug-likeness (QED) is 0.615. The van der Waals surface area contributed by atoms with Gasteiger partial charge in [-0.1, -0.05) is 12.1 Å². The first-order valence-corrected chi connectivity index (χ1v) is 8.26. The Balaban J connectivity index is 2.00. The van der Waals surface area contributed by atoms with Crippen molar-refractivity contribution >= 4 is 22.6 Å². The van der Waals surface area contributed by atoms with Gasteiger partial charge in [-0.05, 0) is 36.4 Å². The van der Waals surface area contributed by atoms with Crippen molar-refractivity contribution in [2.45, 2.75) is 19.1 Å². The van der Waals surface area contributed by atoms with Crippen LogP contribution >= 0.6 is 0 Å². The molecule has 3 rings (SSSR count). The van der Waals surface area contributed by atoms with E-state index in [4.69, 9.17) is 5.26 Å². The second-order valence-electron chi connectivity index (χ2n) is 5.94. The maximum Gasteiger partial charge on any atom is 0.449 e. The summed E-state index contributed by atoms with van der Waals surface area (Å²) < 4.78 is 54.2. The number of benzene rings is 2. The zero-order valence-corrected chi connectivity index (χ0v) is 14.4. The molecule has 0 N–H and O–H groups in total. The highest BCUT2D eigenvalue weighted by molar-refractivity contribution is 5.94. The first-order chi connectivity index (χ1) is 13.3. The minimum absolute atomic E-state index is 0.0279. The maximum absolute atomic E-state index is 13.4. The average Bonchev–Trinajstić information content (AvgIpc) is 3.02. The SMILES string of the molecule is N#CCCN(C(=O)Cn1c(C(F)(F)F)nc2ccccc21)c1ccc(F)cc1. The van der Waals surface area contributed by atoms with E-state index in [1.54, 1.807) is 12.1 Å². The van der Waals surface area contributed by atoms with Gasteiger partial charge in [-0.2, -0.15) is 18.4 Å². The molecule has 0 spiro atoms. The number of rotatable bonds is 5. The number of hydrogen-bond acceptors (Lipinski definition) is 3. The Labute approximate surface area is 157 Å². The summed E-state index contributed by atoms with van der Waals surface area (Å²) in [5, 5.41) is 8.82. The number of fused-ring (bicyclic) bond motifs is 1. The van der Waals surface area contributed by atoms with E-state index in [-0.39, 0.29) is 24.0 Å². The average molecular weight is 390 g/mol. The third kappa shape index (κ3) is 3.96. The Bertz CT molecular complexity index is 1030. The molecule has 0 atom stereocenters. The second-order valence-corrected chi connectivity index (χ2v) is 5.94. The minimum Gasteiger partial charge on any atom is -0.311 e. The molecule has 1 amide bonds. The van der Waals surface area contributed by atoms with Crippen molar-refractivity contribution in [2.75, 3.05) is 11.4 Å². The number of nitrogens with zero attached hydrogens (tertiary/aromatic N) is 4. The monoisotopic (exact) mass is 390 g/mol. The molecule has 1 aromatic heterocycles. The second kappa shape index (κ2) is 7.68. The molecule has 9 heteroatoms. The third-order valence-corrected chi connectivity index (χ3v) is 4.09. The number of para-hydroxylation sites is 2. The van der Waals surface area contributed by atoms with Crippen LogP contribution in [0.5, 0.6) is 0 Å². The van der Waals surface area contributed by atoms with Crippen LogP contribution in [-0.2, 0) is 17.5 Å². The van der Waals surface area contributed by atoms with Crippen molar-refractivity contribution in [2.24, 2.45) is 0 Å². The van der Waals surface area contributed by atoms with Crippen LogP contribution < -0.4 is 4.90 Å². The summed E-state index contributed by atoms with van der Waals surface area (Å²) in [6.07, 6.45) is -4.77. The van der Waals surface area contributed by atoms with Crippen molar-refractivity contribution in [3.8, 4) is 6.07 Å². The summed E-state index contributed by atoms with van der Waals surface area (Å²) in [5.74, 6) is -2.37. The molecule has 0 aliphatic rings. The molecule has 0 radical (unpaired) electrons. The van der Waals surface area contributed by atoms with Crippen molar-refractivity contribution in [1.29, 1.82) is 5.26 Å². The first-order valence-electron chi connectivity index (χ1n) is 8.26. The number of amides is 1. The summed E-state index contributed by atoms with van der Waals surface area (Å²) >= 11 is 0. The molecule has 3 aromatic rings.